The zero-order chi connectivity index (χ0) is 22.4. The van der Waals surface area contributed by atoms with Crippen LogP contribution in [0, 0.1) is 6.92 Å². The number of carbonyl (C=O) groups excluding carboxylic acids is 1. The maximum Gasteiger partial charge on any atom is 0.408 e. The van der Waals surface area contributed by atoms with E-state index < -0.39 is 34.0 Å². The van der Waals surface area contributed by atoms with E-state index in [1.807, 2.05) is 37.3 Å². The molecule has 2 aromatic carbocycles. The molecule has 0 bridgehead atoms. The predicted octanol–water partition coefficient (Wildman–Crippen LogP) is 3.98. The van der Waals surface area contributed by atoms with Crippen LogP contribution < -0.4 is 5.32 Å². The van der Waals surface area contributed by atoms with Crippen molar-refractivity contribution in [1.29, 1.82) is 0 Å². The van der Waals surface area contributed by atoms with E-state index in [1.54, 1.807) is 32.9 Å². The standard InChI is InChI=1S/C22H29NO6S/c1-16-11-13-18(14-12-16)30(25,26)28-15-19(23-21(24)29-22(2,3)4)20(27-5)17-9-7-6-8-10-17/h6-14,19-20H,15H2,1-5H3,(H,23,24)/t19-,20-/m1/s1. The molecule has 0 radical (unpaired) electrons. The maximum absolute atomic E-state index is 12.6. The van der Waals surface area contributed by atoms with Gasteiger partial charge in [0.2, 0.25) is 0 Å². The van der Waals surface area contributed by atoms with Crippen molar-refractivity contribution in [2.75, 3.05) is 13.7 Å². The number of carbonyl (C=O) groups is 1. The summed E-state index contributed by atoms with van der Waals surface area (Å²) in [5, 5.41) is 2.68. The highest BCUT2D eigenvalue weighted by molar-refractivity contribution is 7.86. The van der Waals surface area contributed by atoms with Gasteiger partial charge in [-0.25, -0.2) is 4.79 Å². The number of hydrogen-bond donors (Lipinski definition) is 1. The number of amides is 1. The summed E-state index contributed by atoms with van der Waals surface area (Å²) in [5.41, 5.74) is 0.984. The van der Waals surface area contributed by atoms with Crippen molar-refractivity contribution < 1.29 is 26.9 Å². The van der Waals surface area contributed by atoms with Gasteiger partial charge in [-0.15, -0.1) is 0 Å². The van der Waals surface area contributed by atoms with Crippen LogP contribution in [0.1, 0.15) is 38.0 Å². The lowest BCUT2D eigenvalue weighted by Gasteiger charge is -2.28. The molecule has 8 heteroatoms. The lowest BCUT2D eigenvalue weighted by molar-refractivity contribution is 0.0246. The zero-order valence-corrected chi connectivity index (χ0v) is 18.7. The van der Waals surface area contributed by atoms with E-state index in [0.717, 1.165) is 11.1 Å². The van der Waals surface area contributed by atoms with Gasteiger partial charge in [0.1, 0.15) is 11.7 Å². The Morgan fingerprint density at radius 2 is 1.63 bits per heavy atom. The summed E-state index contributed by atoms with van der Waals surface area (Å²) in [6, 6.07) is 14.7. The van der Waals surface area contributed by atoms with Gasteiger partial charge in [0.25, 0.3) is 10.1 Å². The molecule has 0 heterocycles. The molecule has 0 saturated heterocycles. The second kappa shape index (κ2) is 10.1. The van der Waals surface area contributed by atoms with Gasteiger partial charge in [-0.2, -0.15) is 8.42 Å². The number of nitrogens with one attached hydrogen (secondary N) is 1. The fourth-order valence-corrected chi connectivity index (χ4v) is 3.71. The average molecular weight is 436 g/mol. The third kappa shape index (κ3) is 7.12. The minimum atomic E-state index is -4.01. The highest BCUT2D eigenvalue weighted by Crippen LogP contribution is 2.23. The molecular formula is C22H29NO6S. The molecule has 0 spiro atoms. The summed E-state index contributed by atoms with van der Waals surface area (Å²) in [6.45, 7) is 6.75. The first-order valence-corrected chi connectivity index (χ1v) is 11.0. The fraction of sp³-hybridized carbons (Fsp3) is 0.409. The van der Waals surface area contributed by atoms with Crippen LogP contribution in [-0.2, 0) is 23.8 Å². The SMILES string of the molecule is CO[C@H](c1ccccc1)[C@@H](COS(=O)(=O)c1ccc(C)cc1)NC(=O)OC(C)(C)C. The molecule has 0 unspecified atom stereocenters. The Balaban J connectivity index is 2.23. The molecule has 1 amide bonds. The monoisotopic (exact) mass is 435 g/mol. The minimum Gasteiger partial charge on any atom is -0.444 e. The number of aryl methyl sites for hydroxylation is 1. The van der Waals surface area contributed by atoms with Gasteiger partial charge in [-0.1, -0.05) is 48.0 Å². The topological polar surface area (TPSA) is 90.9 Å². The van der Waals surface area contributed by atoms with Crippen molar-refractivity contribution in [3.05, 3.63) is 65.7 Å². The summed E-state index contributed by atoms with van der Waals surface area (Å²) in [4.78, 5) is 12.4. The molecule has 0 fully saturated rings. The Labute approximate surface area is 178 Å². The molecule has 2 rings (SSSR count). The van der Waals surface area contributed by atoms with Crippen LogP contribution in [-0.4, -0.2) is 39.9 Å². The number of hydrogen-bond acceptors (Lipinski definition) is 6. The average Bonchev–Trinajstić information content (AvgIpc) is 2.66. The van der Waals surface area contributed by atoms with Crippen LogP contribution in [0.3, 0.4) is 0 Å². The van der Waals surface area contributed by atoms with E-state index in [4.69, 9.17) is 13.7 Å². The van der Waals surface area contributed by atoms with Gasteiger partial charge in [-0.05, 0) is 45.4 Å². The van der Waals surface area contributed by atoms with Gasteiger partial charge in [0.15, 0.2) is 0 Å². The van der Waals surface area contributed by atoms with E-state index in [9.17, 15) is 13.2 Å². The van der Waals surface area contributed by atoms with E-state index in [2.05, 4.69) is 5.32 Å². The molecule has 30 heavy (non-hydrogen) atoms. The Morgan fingerprint density at radius 1 is 1.03 bits per heavy atom. The van der Waals surface area contributed by atoms with Gasteiger partial charge in [0, 0.05) is 7.11 Å². The smallest absolute Gasteiger partial charge is 0.408 e. The first kappa shape index (κ1) is 23.9. The summed E-state index contributed by atoms with van der Waals surface area (Å²) < 4.78 is 41.4. The van der Waals surface area contributed by atoms with Crippen molar-refractivity contribution in [2.24, 2.45) is 0 Å². The van der Waals surface area contributed by atoms with Crippen molar-refractivity contribution in [2.45, 2.75) is 50.3 Å². The maximum atomic E-state index is 12.6. The molecule has 0 aliphatic rings. The second-order valence-electron chi connectivity index (χ2n) is 7.87. The molecule has 164 valence electrons. The Kier molecular flexibility index (Phi) is 8.00. The lowest BCUT2D eigenvalue weighted by Crippen LogP contribution is -2.45. The molecule has 0 aromatic heterocycles. The molecule has 2 aromatic rings. The summed E-state index contributed by atoms with van der Waals surface area (Å²) in [7, 11) is -2.53. The summed E-state index contributed by atoms with van der Waals surface area (Å²) in [6.07, 6.45) is -1.34. The lowest BCUT2D eigenvalue weighted by atomic mass is 10.0. The molecule has 7 nitrogen and oxygen atoms in total. The van der Waals surface area contributed by atoms with Gasteiger partial charge in [0.05, 0.1) is 17.5 Å². The number of benzene rings is 2. The number of ether oxygens (including phenoxy) is 2. The zero-order valence-electron chi connectivity index (χ0n) is 17.9. The van der Waals surface area contributed by atoms with Gasteiger partial charge in [-0.3, -0.25) is 4.18 Å². The summed E-state index contributed by atoms with van der Waals surface area (Å²) >= 11 is 0. The summed E-state index contributed by atoms with van der Waals surface area (Å²) in [5.74, 6) is 0. The molecule has 1 N–H and O–H groups in total. The van der Waals surface area contributed by atoms with Crippen LogP contribution in [0.2, 0.25) is 0 Å². The van der Waals surface area contributed by atoms with Crippen LogP contribution in [0.5, 0.6) is 0 Å². The highest BCUT2D eigenvalue weighted by atomic mass is 32.2. The van der Waals surface area contributed by atoms with Gasteiger partial charge >= 0.3 is 6.09 Å². The van der Waals surface area contributed by atoms with Crippen LogP contribution in [0.25, 0.3) is 0 Å². The molecular weight excluding hydrogens is 406 g/mol. The second-order valence-corrected chi connectivity index (χ2v) is 9.49. The van der Waals surface area contributed by atoms with Crippen LogP contribution in [0.4, 0.5) is 4.79 Å². The number of methoxy groups -OCH3 is 1. The Morgan fingerprint density at radius 3 is 2.17 bits per heavy atom. The minimum absolute atomic E-state index is 0.0396. The predicted molar refractivity (Wildman–Crippen MR) is 114 cm³/mol. The third-order valence-corrected chi connectivity index (χ3v) is 5.46. The largest absolute Gasteiger partial charge is 0.444 e. The normalized spacial score (nSPS) is 14.0. The van der Waals surface area contributed by atoms with Crippen molar-refractivity contribution in [3.8, 4) is 0 Å². The molecule has 0 aliphatic heterocycles. The van der Waals surface area contributed by atoms with Crippen molar-refractivity contribution in [1.82, 2.24) is 5.32 Å². The Hall–Kier alpha value is -2.42. The van der Waals surface area contributed by atoms with Crippen molar-refractivity contribution >= 4 is 16.2 Å². The van der Waals surface area contributed by atoms with Crippen LogP contribution >= 0.6 is 0 Å². The highest BCUT2D eigenvalue weighted by Gasteiger charge is 2.29. The third-order valence-electron chi connectivity index (χ3n) is 4.16. The molecule has 0 aliphatic carbocycles. The molecule has 0 saturated carbocycles. The fourth-order valence-electron chi connectivity index (χ4n) is 2.77. The van der Waals surface area contributed by atoms with E-state index >= 15 is 0 Å². The van der Waals surface area contributed by atoms with E-state index in [0.29, 0.717) is 0 Å². The van der Waals surface area contributed by atoms with E-state index in [1.165, 1.54) is 19.2 Å². The number of alkyl carbamates (subject to hydrolysis) is 1. The quantitative estimate of drug-likeness (QED) is 0.631. The van der Waals surface area contributed by atoms with Crippen LogP contribution in [0.15, 0.2) is 59.5 Å². The van der Waals surface area contributed by atoms with Crippen molar-refractivity contribution in [3.63, 3.8) is 0 Å². The van der Waals surface area contributed by atoms with E-state index in [-0.39, 0.29) is 11.5 Å². The molecule has 2 atom stereocenters. The first-order valence-electron chi connectivity index (χ1n) is 9.55. The van der Waals surface area contributed by atoms with Gasteiger partial charge < -0.3 is 14.8 Å². The number of rotatable bonds is 8. The first-order chi connectivity index (χ1) is 14.0. The Bertz CT molecular complexity index is 920.